The average molecular weight is 379 g/mol. The molecule has 2 aromatic carbocycles. The Hall–Kier alpha value is -3.61. The molecule has 28 heavy (non-hydrogen) atoms. The molecule has 0 aliphatic carbocycles. The van der Waals surface area contributed by atoms with Gasteiger partial charge in [-0.05, 0) is 24.6 Å². The van der Waals surface area contributed by atoms with Crippen LogP contribution in [0.25, 0.3) is 0 Å². The second-order valence-corrected chi connectivity index (χ2v) is 5.97. The highest BCUT2D eigenvalue weighted by Crippen LogP contribution is 2.23. The highest BCUT2D eigenvalue weighted by atomic mass is 16.5. The van der Waals surface area contributed by atoms with E-state index in [1.54, 1.807) is 29.1 Å². The Kier molecular flexibility index (Phi) is 6.41. The minimum Gasteiger partial charge on any atom is -0.492 e. The number of para-hydroxylation sites is 2. The number of carbonyl (C=O) groups is 2. The van der Waals surface area contributed by atoms with Crippen LogP contribution in [0.3, 0.4) is 0 Å². The Morgan fingerprint density at radius 2 is 1.82 bits per heavy atom. The smallest absolute Gasteiger partial charge is 0.341 e. The predicted molar refractivity (Wildman–Crippen MR) is 104 cm³/mol. The van der Waals surface area contributed by atoms with E-state index in [1.165, 1.54) is 6.20 Å². The van der Waals surface area contributed by atoms with Crippen molar-refractivity contribution in [1.82, 2.24) is 9.78 Å². The lowest BCUT2D eigenvalue weighted by atomic mass is 10.2. The summed E-state index contributed by atoms with van der Waals surface area (Å²) in [6, 6.07) is 16.8. The average Bonchev–Trinajstić information content (AvgIpc) is 3.17. The summed E-state index contributed by atoms with van der Waals surface area (Å²) in [6.45, 7) is 2.49. The summed E-state index contributed by atoms with van der Waals surface area (Å²) in [5.41, 5.74) is 1.89. The van der Waals surface area contributed by atoms with Crippen molar-refractivity contribution in [1.29, 1.82) is 0 Å². The number of anilines is 1. The van der Waals surface area contributed by atoms with E-state index in [9.17, 15) is 9.59 Å². The van der Waals surface area contributed by atoms with E-state index in [-0.39, 0.29) is 0 Å². The molecule has 1 aromatic heterocycles. The molecule has 7 heteroatoms. The van der Waals surface area contributed by atoms with E-state index in [0.29, 0.717) is 30.2 Å². The van der Waals surface area contributed by atoms with Crippen molar-refractivity contribution in [2.45, 2.75) is 13.5 Å². The summed E-state index contributed by atoms with van der Waals surface area (Å²) in [7, 11) is 0. The third kappa shape index (κ3) is 5.20. The minimum absolute atomic E-state index is 0.290. The first-order chi connectivity index (χ1) is 13.7. The summed E-state index contributed by atoms with van der Waals surface area (Å²) in [5, 5.41) is 6.84. The van der Waals surface area contributed by atoms with Crippen LogP contribution in [0, 0.1) is 0 Å². The van der Waals surface area contributed by atoms with Crippen molar-refractivity contribution in [2.24, 2.45) is 0 Å². The SMILES string of the molecule is CCOc1ccccc1NC(=O)COC(=O)c1cnn(Cc2ccccc2)c1. The molecule has 0 saturated heterocycles. The number of carbonyl (C=O) groups excluding carboxylic acids is 2. The van der Waals surface area contributed by atoms with Gasteiger partial charge in [-0.1, -0.05) is 42.5 Å². The fourth-order valence-electron chi connectivity index (χ4n) is 2.58. The molecule has 1 N–H and O–H groups in total. The summed E-state index contributed by atoms with van der Waals surface area (Å²) >= 11 is 0. The molecule has 0 aliphatic heterocycles. The van der Waals surface area contributed by atoms with Gasteiger partial charge in [0.05, 0.1) is 30.6 Å². The molecule has 0 atom stereocenters. The van der Waals surface area contributed by atoms with Crippen molar-refractivity contribution in [3.8, 4) is 5.75 Å². The van der Waals surface area contributed by atoms with Gasteiger partial charge >= 0.3 is 5.97 Å². The monoisotopic (exact) mass is 379 g/mol. The lowest BCUT2D eigenvalue weighted by Gasteiger charge is -2.11. The topological polar surface area (TPSA) is 82.4 Å². The lowest BCUT2D eigenvalue weighted by Crippen LogP contribution is -2.21. The Morgan fingerprint density at radius 3 is 2.61 bits per heavy atom. The number of hydrogen-bond donors (Lipinski definition) is 1. The summed E-state index contributed by atoms with van der Waals surface area (Å²) in [6.07, 6.45) is 3.02. The molecular weight excluding hydrogens is 358 g/mol. The van der Waals surface area contributed by atoms with Gasteiger partial charge in [0.1, 0.15) is 5.75 Å². The Bertz CT molecular complexity index is 938. The Morgan fingerprint density at radius 1 is 1.07 bits per heavy atom. The van der Waals surface area contributed by atoms with Crippen LogP contribution >= 0.6 is 0 Å². The highest BCUT2D eigenvalue weighted by molar-refractivity contribution is 5.96. The summed E-state index contributed by atoms with van der Waals surface area (Å²) < 4.78 is 12.2. The Labute approximate surface area is 162 Å². The van der Waals surface area contributed by atoms with Crippen molar-refractivity contribution >= 4 is 17.6 Å². The lowest BCUT2D eigenvalue weighted by molar-refractivity contribution is -0.119. The molecule has 1 heterocycles. The molecule has 0 unspecified atom stereocenters. The molecule has 0 aliphatic rings. The van der Waals surface area contributed by atoms with Crippen LogP contribution in [0.1, 0.15) is 22.8 Å². The standard InChI is InChI=1S/C21H21N3O4/c1-2-27-19-11-7-6-10-18(19)23-20(25)15-28-21(26)17-12-22-24(14-17)13-16-8-4-3-5-9-16/h3-12,14H,2,13,15H2,1H3,(H,23,25). The van der Waals surface area contributed by atoms with E-state index in [0.717, 1.165) is 5.56 Å². The van der Waals surface area contributed by atoms with Gasteiger partial charge in [0, 0.05) is 6.20 Å². The number of esters is 1. The number of nitrogens with zero attached hydrogens (tertiary/aromatic N) is 2. The van der Waals surface area contributed by atoms with Crippen LogP contribution in [-0.4, -0.2) is 34.9 Å². The number of ether oxygens (including phenoxy) is 2. The second kappa shape index (κ2) is 9.36. The van der Waals surface area contributed by atoms with Crippen LogP contribution in [0.15, 0.2) is 67.0 Å². The van der Waals surface area contributed by atoms with Gasteiger partial charge < -0.3 is 14.8 Å². The van der Waals surface area contributed by atoms with Crippen LogP contribution in [-0.2, 0) is 16.1 Å². The summed E-state index contributed by atoms with van der Waals surface area (Å²) in [4.78, 5) is 24.2. The summed E-state index contributed by atoms with van der Waals surface area (Å²) in [5.74, 6) is -0.489. The van der Waals surface area contributed by atoms with Gasteiger partial charge in [-0.3, -0.25) is 9.48 Å². The number of nitrogens with one attached hydrogen (secondary N) is 1. The fourth-order valence-corrected chi connectivity index (χ4v) is 2.58. The van der Waals surface area contributed by atoms with Crippen molar-refractivity contribution in [3.05, 3.63) is 78.1 Å². The molecule has 0 spiro atoms. The zero-order valence-corrected chi connectivity index (χ0v) is 15.5. The van der Waals surface area contributed by atoms with E-state index in [4.69, 9.17) is 9.47 Å². The van der Waals surface area contributed by atoms with Gasteiger partial charge in [0.15, 0.2) is 6.61 Å². The van der Waals surface area contributed by atoms with Crippen LogP contribution < -0.4 is 10.1 Å². The molecular formula is C21H21N3O4. The molecule has 7 nitrogen and oxygen atoms in total. The third-order valence-corrected chi connectivity index (χ3v) is 3.85. The zero-order valence-electron chi connectivity index (χ0n) is 15.5. The van der Waals surface area contributed by atoms with E-state index in [1.807, 2.05) is 43.3 Å². The molecule has 0 bridgehead atoms. The van der Waals surface area contributed by atoms with Crippen LogP contribution in [0.2, 0.25) is 0 Å². The quantitative estimate of drug-likeness (QED) is 0.608. The highest BCUT2D eigenvalue weighted by Gasteiger charge is 2.14. The fraction of sp³-hybridized carbons (Fsp3) is 0.190. The first-order valence-electron chi connectivity index (χ1n) is 8.91. The Balaban J connectivity index is 1.52. The minimum atomic E-state index is -0.604. The first kappa shape index (κ1) is 19.2. The zero-order chi connectivity index (χ0) is 19.8. The largest absolute Gasteiger partial charge is 0.492 e. The molecule has 3 rings (SSSR count). The van der Waals surface area contributed by atoms with E-state index < -0.39 is 18.5 Å². The molecule has 3 aromatic rings. The molecule has 144 valence electrons. The van der Waals surface area contributed by atoms with E-state index >= 15 is 0 Å². The molecule has 0 radical (unpaired) electrons. The number of aromatic nitrogens is 2. The number of amides is 1. The number of rotatable bonds is 8. The number of hydrogen-bond acceptors (Lipinski definition) is 5. The molecule has 1 amide bonds. The van der Waals surface area contributed by atoms with Gasteiger partial charge in [-0.15, -0.1) is 0 Å². The second-order valence-electron chi connectivity index (χ2n) is 5.97. The maximum absolute atomic E-state index is 12.2. The molecule has 0 saturated carbocycles. The van der Waals surface area contributed by atoms with Crippen molar-refractivity contribution in [3.63, 3.8) is 0 Å². The van der Waals surface area contributed by atoms with E-state index in [2.05, 4.69) is 10.4 Å². The van der Waals surface area contributed by atoms with Gasteiger partial charge in [-0.25, -0.2) is 4.79 Å². The predicted octanol–water partition coefficient (Wildman–Crippen LogP) is 3.13. The third-order valence-electron chi connectivity index (χ3n) is 3.85. The number of benzene rings is 2. The van der Waals surface area contributed by atoms with Crippen molar-refractivity contribution in [2.75, 3.05) is 18.5 Å². The molecule has 0 fully saturated rings. The van der Waals surface area contributed by atoms with Gasteiger partial charge in [0.25, 0.3) is 5.91 Å². The maximum atomic E-state index is 12.2. The maximum Gasteiger partial charge on any atom is 0.341 e. The van der Waals surface area contributed by atoms with Crippen molar-refractivity contribution < 1.29 is 19.1 Å². The van der Waals surface area contributed by atoms with Crippen LogP contribution in [0.5, 0.6) is 5.75 Å². The van der Waals surface area contributed by atoms with Crippen LogP contribution in [0.4, 0.5) is 5.69 Å². The van der Waals surface area contributed by atoms with Gasteiger partial charge in [-0.2, -0.15) is 5.10 Å². The first-order valence-corrected chi connectivity index (χ1v) is 8.91. The van der Waals surface area contributed by atoms with Gasteiger partial charge in [0.2, 0.25) is 0 Å². The normalized spacial score (nSPS) is 10.3.